The molecule has 1 atom stereocenters. The number of rotatable bonds is 6. The highest BCUT2D eigenvalue weighted by Gasteiger charge is 2.22. The third-order valence-corrected chi connectivity index (χ3v) is 4.08. The number of benzene rings is 1. The zero-order chi connectivity index (χ0) is 13.8. The molecule has 18 heavy (non-hydrogen) atoms. The minimum absolute atomic E-state index is 0.187. The maximum atomic E-state index is 13.4. The molecule has 0 heterocycles. The predicted molar refractivity (Wildman–Crippen MR) is 76.4 cm³/mol. The summed E-state index contributed by atoms with van der Waals surface area (Å²) in [5.41, 5.74) is 0.786. The first-order valence-corrected chi connectivity index (χ1v) is 6.84. The molecule has 102 valence electrons. The summed E-state index contributed by atoms with van der Waals surface area (Å²) in [7, 11) is 3.63. The van der Waals surface area contributed by atoms with Crippen LogP contribution in [0.2, 0.25) is 0 Å². The Morgan fingerprint density at radius 3 is 2.67 bits per heavy atom. The van der Waals surface area contributed by atoms with E-state index in [2.05, 4.69) is 35.1 Å². The molecule has 0 saturated carbocycles. The Morgan fingerprint density at radius 1 is 1.44 bits per heavy atom. The molecule has 1 N–H and O–H groups in total. The molecular formula is C14H21BrFNO. The van der Waals surface area contributed by atoms with Gasteiger partial charge in [0.2, 0.25) is 0 Å². The SMILES string of the molecule is CNC(Cc1cccc(F)c1Br)CC(C)(C)OC. The highest BCUT2D eigenvalue weighted by molar-refractivity contribution is 9.10. The third-order valence-electron chi connectivity index (χ3n) is 3.20. The van der Waals surface area contributed by atoms with E-state index >= 15 is 0 Å². The largest absolute Gasteiger partial charge is 0.379 e. The quantitative estimate of drug-likeness (QED) is 0.866. The fourth-order valence-corrected chi connectivity index (χ4v) is 2.35. The highest BCUT2D eigenvalue weighted by Crippen LogP contribution is 2.24. The summed E-state index contributed by atoms with van der Waals surface area (Å²) in [6.07, 6.45) is 1.63. The van der Waals surface area contributed by atoms with Crippen molar-refractivity contribution >= 4 is 15.9 Å². The van der Waals surface area contributed by atoms with E-state index in [1.54, 1.807) is 13.2 Å². The van der Waals surface area contributed by atoms with Crippen LogP contribution in [0.4, 0.5) is 4.39 Å². The van der Waals surface area contributed by atoms with Crippen molar-refractivity contribution in [3.8, 4) is 0 Å². The van der Waals surface area contributed by atoms with Gasteiger partial charge in [-0.1, -0.05) is 12.1 Å². The molecule has 0 amide bonds. The fourth-order valence-electron chi connectivity index (χ4n) is 1.92. The molecule has 4 heteroatoms. The van der Waals surface area contributed by atoms with Crippen LogP contribution in [0.15, 0.2) is 22.7 Å². The molecule has 2 nitrogen and oxygen atoms in total. The van der Waals surface area contributed by atoms with Gasteiger partial charge in [0.15, 0.2) is 0 Å². The number of hydrogen-bond acceptors (Lipinski definition) is 2. The molecule has 0 aliphatic carbocycles. The first-order valence-electron chi connectivity index (χ1n) is 6.05. The molecule has 0 aliphatic heterocycles. The molecule has 1 aromatic carbocycles. The number of nitrogens with one attached hydrogen (secondary N) is 1. The number of ether oxygens (including phenoxy) is 1. The smallest absolute Gasteiger partial charge is 0.137 e. The van der Waals surface area contributed by atoms with Crippen LogP contribution in [0.5, 0.6) is 0 Å². The maximum absolute atomic E-state index is 13.4. The van der Waals surface area contributed by atoms with E-state index in [-0.39, 0.29) is 17.5 Å². The topological polar surface area (TPSA) is 21.3 Å². The summed E-state index contributed by atoms with van der Waals surface area (Å²) in [5.74, 6) is -0.214. The second-order valence-electron chi connectivity index (χ2n) is 5.07. The minimum atomic E-state index is -0.214. The standard InChI is InChI=1S/C14H21BrFNO/c1-14(2,18-4)9-11(17-3)8-10-6-5-7-12(16)13(10)15/h5-7,11,17H,8-9H2,1-4H3. The first-order chi connectivity index (χ1) is 8.39. The lowest BCUT2D eigenvalue weighted by molar-refractivity contribution is 0.00771. The van der Waals surface area contributed by atoms with Gasteiger partial charge in [0.1, 0.15) is 5.82 Å². The summed E-state index contributed by atoms with van der Waals surface area (Å²) >= 11 is 3.30. The van der Waals surface area contributed by atoms with E-state index in [4.69, 9.17) is 4.74 Å². The summed E-state index contributed by atoms with van der Waals surface area (Å²) in [4.78, 5) is 0. The lowest BCUT2D eigenvalue weighted by atomic mass is 9.94. The van der Waals surface area contributed by atoms with Crippen molar-refractivity contribution in [3.05, 3.63) is 34.1 Å². The monoisotopic (exact) mass is 317 g/mol. The van der Waals surface area contributed by atoms with E-state index in [0.717, 1.165) is 18.4 Å². The van der Waals surface area contributed by atoms with Gasteiger partial charge < -0.3 is 10.1 Å². The Balaban J connectivity index is 2.77. The summed E-state index contributed by atoms with van der Waals surface area (Å²) < 4.78 is 19.4. The van der Waals surface area contributed by atoms with E-state index in [1.807, 2.05) is 13.1 Å². The van der Waals surface area contributed by atoms with Gasteiger partial charge in [-0.15, -0.1) is 0 Å². The second kappa shape index (κ2) is 6.64. The molecule has 0 saturated heterocycles. The fraction of sp³-hybridized carbons (Fsp3) is 0.571. The predicted octanol–water partition coefficient (Wildman–Crippen LogP) is 3.53. The minimum Gasteiger partial charge on any atom is -0.379 e. The van der Waals surface area contributed by atoms with Crippen molar-refractivity contribution in [1.82, 2.24) is 5.32 Å². The number of methoxy groups -OCH3 is 1. The van der Waals surface area contributed by atoms with Crippen LogP contribution in [0.3, 0.4) is 0 Å². The van der Waals surface area contributed by atoms with Crippen LogP contribution in [-0.2, 0) is 11.2 Å². The molecule has 0 spiro atoms. The molecule has 0 fully saturated rings. The summed E-state index contributed by atoms with van der Waals surface area (Å²) in [6.45, 7) is 4.11. The van der Waals surface area contributed by atoms with Gasteiger partial charge in [-0.2, -0.15) is 0 Å². The maximum Gasteiger partial charge on any atom is 0.137 e. The first kappa shape index (κ1) is 15.6. The van der Waals surface area contributed by atoms with Gasteiger partial charge in [0.05, 0.1) is 10.1 Å². The van der Waals surface area contributed by atoms with Crippen LogP contribution in [0, 0.1) is 5.82 Å². The van der Waals surface area contributed by atoms with Gasteiger partial charge in [0, 0.05) is 13.2 Å². The number of hydrogen-bond donors (Lipinski definition) is 1. The summed E-state index contributed by atoms with van der Waals surface area (Å²) in [6, 6.07) is 5.39. The zero-order valence-corrected chi connectivity index (χ0v) is 13.0. The van der Waals surface area contributed by atoms with E-state index < -0.39 is 0 Å². The van der Waals surface area contributed by atoms with E-state index in [0.29, 0.717) is 4.47 Å². The Morgan fingerprint density at radius 2 is 2.11 bits per heavy atom. The van der Waals surface area contributed by atoms with Crippen LogP contribution >= 0.6 is 15.9 Å². The molecular weight excluding hydrogens is 297 g/mol. The van der Waals surface area contributed by atoms with Crippen molar-refractivity contribution in [3.63, 3.8) is 0 Å². The van der Waals surface area contributed by atoms with Crippen LogP contribution < -0.4 is 5.32 Å². The zero-order valence-electron chi connectivity index (χ0n) is 11.4. The molecule has 1 unspecified atom stereocenters. The molecule has 0 bridgehead atoms. The normalized spacial score (nSPS) is 13.7. The van der Waals surface area contributed by atoms with Crippen molar-refractivity contribution in [1.29, 1.82) is 0 Å². The molecule has 1 aromatic rings. The van der Waals surface area contributed by atoms with Crippen molar-refractivity contribution < 1.29 is 9.13 Å². The van der Waals surface area contributed by atoms with Crippen LogP contribution in [0.1, 0.15) is 25.8 Å². The van der Waals surface area contributed by atoms with Gasteiger partial charge >= 0.3 is 0 Å². The average molecular weight is 318 g/mol. The van der Waals surface area contributed by atoms with Gasteiger partial charge in [-0.05, 0) is 61.3 Å². The third kappa shape index (κ3) is 4.34. The molecule has 0 aromatic heterocycles. The number of halogens is 2. The molecule has 0 radical (unpaired) electrons. The number of likely N-dealkylation sites (N-methyl/N-ethyl adjacent to an activating group) is 1. The van der Waals surface area contributed by atoms with Crippen molar-refractivity contribution in [2.45, 2.75) is 38.3 Å². The van der Waals surface area contributed by atoms with E-state index in [9.17, 15) is 4.39 Å². The molecule has 1 rings (SSSR count). The Labute approximate surface area is 117 Å². The van der Waals surface area contributed by atoms with Gasteiger partial charge in [-0.25, -0.2) is 4.39 Å². The molecule has 0 aliphatic rings. The summed E-state index contributed by atoms with van der Waals surface area (Å²) in [5, 5.41) is 3.26. The van der Waals surface area contributed by atoms with E-state index in [1.165, 1.54) is 6.07 Å². The van der Waals surface area contributed by atoms with Crippen LogP contribution in [0.25, 0.3) is 0 Å². The second-order valence-corrected chi connectivity index (χ2v) is 5.86. The Hall–Kier alpha value is -0.450. The lowest BCUT2D eigenvalue weighted by Gasteiger charge is -2.28. The van der Waals surface area contributed by atoms with Gasteiger partial charge in [0.25, 0.3) is 0 Å². The average Bonchev–Trinajstić information content (AvgIpc) is 2.33. The van der Waals surface area contributed by atoms with Gasteiger partial charge in [-0.3, -0.25) is 0 Å². The lowest BCUT2D eigenvalue weighted by Crippen LogP contribution is -2.37. The Bertz CT molecular complexity index is 395. The Kier molecular flexibility index (Phi) is 5.76. The highest BCUT2D eigenvalue weighted by atomic mass is 79.9. The van der Waals surface area contributed by atoms with Crippen LogP contribution in [-0.4, -0.2) is 25.8 Å². The van der Waals surface area contributed by atoms with Crippen molar-refractivity contribution in [2.24, 2.45) is 0 Å². The van der Waals surface area contributed by atoms with Crippen molar-refractivity contribution in [2.75, 3.05) is 14.2 Å².